The van der Waals surface area contributed by atoms with Crippen LogP contribution in [0.15, 0.2) is 72.9 Å². The molecule has 6 nitrogen and oxygen atoms in total. The summed E-state index contributed by atoms with van der Waals surface area (Å²) >= 11 is 0. The summed E-state index contributed by atoms with van der Waals surface area (Å²) in [5.41, 5.74) is 0. The van der Waals surface area contributed by atoms with Crippen LogP contribution in [0.2, 0.25) is 0 Å². The number of nitrogens with one attached hydrogen (secondary N) is 1. The van der Waals surface area contributed by atoms with Gasteiger partial charge in [-0.05, 0) is 70.6 Å². The molecule has 1 amide bonds. The minimum absolute atomic E-state index is 0.0527. The Labute approximate surface area is 371 Å². The predicted molar refractivity (Wildman–Crippen MR) is 259 cm³/mol. The molecule has 6 heteroatoms. The SMILES string of the molecule is CC/C=C/C=C/C=C/CCCCCCCC(CC(=O)NC(CO)C(O)CCCCCCCCCCCC)OC(=O)CCCCCCC/C=C/C=C/C=C/CCCCCCC. The number of aliphatic hydroxyl groups is 2. The fourth-order valence-corrected chi connectivity index (χ4v) is 7.31. The molecular weight excluding hydrogens is 743 g/mol. The molecule has 0 aliphatic heterocycles. The Balaban J connectivity index is 4.64. The van der Waals surface area contributed by atoms with Gasteiger partial charge in [0.15, 0.2) is 0 Å². The average molecular weight is 838 g/mol. The predicted octanol–water partition coefficient (Wildman–Crippen LogP) is 15.0. The van der Waals surface area contributed by atoms with Crippen LogP contribution in [0.3, 0.4) is 0 Å². The highest BCUT2D eigenvalue weighted by molar-refractivity contribution is 5.77. The molecule has 0 aliphatic rings. The molecule has 0 heterocycles. The van der Waals surface area contributed by atoms with E-state index in [1.54, 1.807) is 0 Å². The number of ether oxygens (including phenoxy) is 1. The van der Waals surface area contributed by atoms with Gasteiger partial charge in [0.25, 0.3) is 0 Å². The summed E-state index contributed by atoms with van der Waals surface area (Å²) in [5, 5.41) is 23.7. The molecule has 0 radical (unpaired) electrons. The lowest BCUT2D eigenvalue weighted by molar-refractivity contribution is -0.151. The van der Waals surface area contributed by atoms with E-state index in [0.717, 1.165) is 103 Å². The van der Waals surface area contributed by atoms with Crippen LogP contribution >= 0.6 is 0 Å². The number of amides is 1. The Kier molecular flexibility index (Phi) is 45.2. The second kappa shape index (κ2) is 47.4. The van der Waals surface area contributed by atoms with Gasteiger partial charge in [-0.15, -0.1) is 0 Å². The lowest BCUT2D eigenvalue weighted by atomic mass is 10.0. The van der Waals surface area contributed by atoms with Crippen LogP contribution in [0, 0.1) is 0 Å². The van der Waals surface area contributed by atoms with Crippen molar-refractivity contribution in [2.75, 3.05) is 6.61 Å². The first-order valence-corrected chi connectivity index (χ1v) is 25.2. The van der Waals surface area contributed by atoms with Gasteiger partial charge in [0.2, 0.25) is 5.91 Å². The van der Waals surface area contributed by atoms with Crippen molar-refractivity contribution in [2.45, 2.75) is 251 Å². The van der Waals surface area contributed by atoms with Gasteiger partial charge >= 0.3 is 5.97 Å². The second-order valence-electron chi connectivity index (χ2n) is 17.0. The maximum atomic E-state index is 13.2. The van der Waals surface area contributed by atoms with Gasteiger partial charge in [-0.1, -0.05) is 222 Å². The summed E-state index contributed by atoms with van der Waals surface area (Å²) in [6.07, 6.45) is 59.6. The summed E-state index contributed by atoms with van der Waals surface area (Å²) in [5.74, 6) is -0.520. The van der Waals surface area contributed by atoms with Crippen LogP contribution in [0.5, 0.6) is 0 Å². The summed E-state index contributed by atoms with van der Waals surface area (Å²) in [7, 11) is 0. The lowest BCUT2D eigenvalue weighted by Gasteiger charge is -2.24. The number of carbonyl (C=O) groups excluding carboxylic acids is 2. The first kappa shape index (κ1) is 57.3. The van der Waals surface area contributed by atoms with Crippen molar-refractivity contribution in [2.24, 2.45) is 0 Å². The lowest BCUT2D eigenvalue weighted by Crippen LogP contribution is -2.46. The molecule has 0 bridgehead atoms. The average Bonchev–Trinajstić information content (AvgIpc) is 3.24. The molecule has 0 aromatic rings. The van der Waals surface area contributed by atoms with Gasteiger partial charge in [-0.25, -0.2) is 0 Å². The topological polar surface area (TPSA) is 95.9 Å². The zero-order valence-corrected chi connectivity index (χ0v) is 39.3. The largest absolute Gasteiger partial charge is 0.462 e. The molecule has 0 rings (SSSR count). The number of unbranched alkanes of at least 4 members (excludes halogenated alkanes) is 24. The maximum absolute atomic E-state index is 13.2. The minimum Gasteiger partial charge on any atom is -0.462 e. The quantitative estimate of drug-likeness (QED) is 0.0323. The molecule has 0 spiro atoms. The Morgan fingerprint density at radius 1 is 0.500 bits per heavy atom. The number of rotatable bonds is 44. The molecule has 0 aliphatic carbocycles. The molecule has 346 valence electrons. The Morgan fingerprint density at radius 3 is 1.35 bits per heavy atom. The van der Waals surface area contributed by atoms with E-state index in [4.69, 9.17) is 4.74 Å². The zero-order chi connectivity index (χ0) is 43.8. The van der Waals surface area contributed by atoms with E-state index >= 15 is 0 Å². The number of hydrogen-bond donors (Lipinski definition) is 3. The number of carbonyl (C=O) groups is 2. The van der Waals surface area contributed by atoms with E-state index < -0.39 is 18.2 Å². The Morgan fingerprint density at radius 2 is 0.900 bits per heavy atom. The standard InChI is InChI=1S/C54H95NO5/c1-4-7-10-13-16-19-22-24-25-26-27-28-30-32-35-38-41-44-47-54(59)60-50(45-42-39-36-33-31-29-23-20-17-14-11-8-5-2)48-53(58)55-51(49-56)52(57)46-43-40-37-34-21-18-15-12-9-6-3/h8,11,14,17,20,22-28,50-52,56-57H,4-7,9-10,12-13,15-16,18-19,21,29-49H2,1-3H3,(H,55,58)/b11-8+,17-14+,23-20+,24-22+,26-25+,28-27+. The molecule has 3 unspecified atom stereocenters. The van der Waals surface area contributed by atoms with Crippen molar-refractivity contribution in [1.82, 2.24) is 5.32 Å². The molecule has 0 aromatic heterocycles. The molecule has 0 aromatic carbocycles. The van der Waals surface area contributed by atoms with Crippen LogP contribution < -0.4 is 5.32 Å². The van der Waals surface area contributed by atoms with E-state index in [9.17, 15) is 19.8 Å². The number of hydrogen-bond acceptors (Lipinski definition) is 5. The first-order chi connectivity index (χ1) is 29.5. The number of esters is 1. The highest BCUT2D eigenvalue weighted by Gasteiger charge is 2.24. The molecular formula is C54H95NO5. The van der Waals surface area contributed by atoms with E-state index in [2.05, 4.69) is 99.0 Å². The highest BCUT2D eigenvalue weighted by Crippen LogP contribution is 2.17. The summed E-state index contributed by atoms with van der Waals surface area (Å²) in [6, 6.07) is -0.714. The summed E-state index contributed by atoms with van der Waals surface area (Å²) in [4.78, 5) is 26.1. The van der Waals surface area contributed by atoms with Crippen LogP contribution in [-0.2, 0) is 14.3 Å². The Hall–Kier alpha value is -2.70. The van der Waals surface area contributed by atoms with Crippen molar-refractivity contribution in [3.63, 3.8) is 0 Å². The smallest absolute Gasteiger partial charge is 0.306 e. The van der Waals surface area contributed by atoms with Crippen molar-refractivity contribution < 1.29 is 24.5 Å². The van der Waals surface area contributed by atoms with Gasteiger partial charge in [0, 0.05) is 6.42 Å². The van der Waals surface area contributed by atoms with Gasteiger partial charge in [0.1, 0.15) is 6.10 Å². The van der Waals surface area contributed by atoms with Gasteiger partial charge in [0.05, 0.1) is 25.2 Å². The third-order valence-electron chi connectivity index (χ3n) is 11.1. The first-order valence-electron chi connectivity index (χ1n) is 25.2. The summed E-state index contributed by atoms with van der Waals surface area (Å²) in [6.45, 7) is 6.31. The molecule has 0 fully saturated rings. The normalized spacial score (nSPS) is 13.9. The zero-order valence-electron chi connectivity index (χ0n) is 39.3. The van der Waals surface area contributed by atoms with Gasteiger partial charge in [-0.3, -0.25) is 9.59 Å². The van der Waals surface area contributed by atoms with E-state index in [1.165, 1.54) is 83.5 Å². The van der Waals surface area contributed by atoms with E-state index in [1.807, 2.05) is 0 Å². The van der Waals surface area contributed by atoms with Crippen LogP contribution in [-0.4, -0.2) is 46.9 Å². The maximum Gasteiger partial charge on any atom is 0.306 e. The van der Waals surface area contributed by atoms with Crippen LogP contribution in [0.4, 0.5) is 0 Å². The molecule has 3 atom stereocenters. The third kappa shape index (κ3) is 42.0. The van der Waals surface area contributed by atoms with Crippen LogP contribution in [0.25, 0.3) is 0 Å². The fraction of sp³-hybridized carbons (Fsp3) is 0.741. The van der Waals surface area contributed by atoms with Gasteiger partial charge in [-0.2, -0.15) is 0 Å². The molecule has 0 saturated heterocycles. The van der Waals surface area contributed by atoms with Crippen molar-refractivity contribution in [1.29, 1.82) is 0 Å². The Bertz CT molecular complexity index is 1120. The second-order valence-corrected chi connectivity index (χ2v) is 17.0. The fourth-order valence-electron chi connectivity index (χ4n) is 7.31. The molecule has 3 N–H and O–H groups in total. The highest BCUT2D eigenvalue weighted by atomic mass is 16.5. The minimum atomic E-state index is -0.799. The number of allylic oxidation sites excluding steroid dienone is 12. The molecule has 0 saturated carbocycles. The van der Waals surface area contributed by atoms with E-state index in [0.29, 0.717) is 19.3 Å². The van der Waals surface area contributed by atoms with Crippen molar-refractivity contribution in [3.05, 3.63) is 72.9 Å². The summed E-state index contributed by atoms with van der Waals surface area (Å²) < 4.78 is 5.91. The molecule has 60 heavy (non-hydrogen) atoms. The third-order valence-corrected chi connectivity index (χ3v) is 11.1. The van der Waals surface area contributed by atoms with Crippen LogP contribution in [0.1, 0.15) is 233 Å². The van der Waals surface area contributed by atoms with E-state index in [-0.39, 0.29) is 24.9 Å². The van der Waals surface area contributed by atoms with Crippen molar-refractivity contribution in [3.8, 4) is 0 Å². The van der Waals surface area contributed by atoms with Gasteiger partial charge < -0.3 is 20.3 Å². The monoisotopic (exact) mass is 838 g/mol. The van der Waals surface area contributed by atoms with Crippen molar-refractivity contribution >= 4 is 11.9 Å². The number of aliphatic hydroxyl groups excluding tert-OH is 2.